The van der Waals surface area contributed by atoms with Crippen LogP contribution in [0, 0.1) is 27.0 Å². The van der Waals surface area contributed by atoms with E-state index in [0.29, 0.717) is 0 Å². The number of H-pyrrole nitrogens is 1. The molecule has 0 saturated heterocycles. The first-order valence-corrected chi connectivity index (χ1v) is 10.6. The maximum Gasteiger partial charge on any atom is -0.0745 e. The molecule has 0 unspecified atom stereocenters. The van der Waals surface area contributed by atoms with E-state index in [2.05, 4.69) is 88.1 Å². The Morgan fingerprint density at radius 1 is 0.857 bits per heavy atom. The van der Waals surface area contributed by atoms with Gasteiger partial charge in [-0.1, -0.05) is 18.2 Å². The maximum absolute atomic E-state index is 2.99. The molecule has 28 heavy (non-hydrogen) atoms. The van der Waals surface area contributed by atoms with Crippen molar-refractivity contribution in [2.75, 3.05) is 0 Å². The van der Waals surface area contributed by atoms with Gasteiger partial charge in [0.2, 0.25) is 0 Å². The standard InChI is InChI=1S/C9H7.C8H6N.C4H9.2CH3.2ClH.Si.Ti/c1-2-5-9-7-3-6-8(9)4-1;1-2-4-8-7(3-1)5-6-9-8;1-4(2)3;;;;;;/h1-7H;1-5,9H;1-3H3;2*1H3;2*1H;;/q5*-1;;;;. The average molecular weight is 467 g/mol. The molecule has 4 rings (SSSR count). The summed E-state index contributed by atoms with van der Waals surface area (Å²) in [5, 5.41) is 3.88. The number of aromatic nitrogens is 1. The number of para-hydroxylation sites is 1. The minimum Gasteiger partial charge on any atom is -0.477 e. The molecular weight excluding hydrogens is 437 g/mol. The topological polar surface area (TPSA) is 15.8 Å². The number of aromatic amines is 1. The molecular formula is C23H30Cl2NSiTi-5. The summed E-state index contributed by atoms with van der Waals surface area (Å²) in [7, 11) is 2.97. The van der Waals surface area contributed by atoms with Gasteiger partial charge in [0.05, 0.1) is 0 Å². The first-order valence-electron chi connectivity index (χ1n) is 7.73. The zero-order valence-electron chi connectivity index (χ0n) is 17.2. The van der Waals surface area contributed by atoms with Crippen molar-refractivity contribution >= 4 is 54.1 Å². The van der Waals surface area contributed by atoms with Crippen LogP contribution in [0.1, 0.15) is 20.8 Å². The van der Waals surface area contributed by atoms with Crippen LogP contribution in [0.2, 0.25) is 0 Å². The van der Waals surface area contributed by atoms with E-state index in [9.17, 15) is 0 Å². The molecule has 0 fully saturated rings. The van der Waals surface area contributed by atoms with Gasteiger partial charge in [0.15, 0.2) is 0 Å². The van der Waals surface area contributed by atoms with Gasteiger partial charge >= 0.3 is 26.8 Å². The molecule has 1 nitrogen and oxygen atoms in total. The molecule has 0 saturated carbocycles. The number of hydrogen-bond acceptors (Lipinski definition) is 0. The number of hydrogen-bond donors (Lipinski definition) is 1. The molecule has 2 radical (unpaired) electrons. The Bertz CT molecular complexity index is 698. The Labute approximate surface area is 197 Å². The minimum absolute atomic E-state index is 0. The Kier molecular flexibility index (Phi) is 25.7. The monoisotopic (exact) mass is 466 g/mol. The molecule has 1 aromatic heterocycles. The number of nitrogens with one attached hydrogen (secondary N) is 1. The summed E-state index contributed by atoms with van der Waals surface area (Å²) in [5.41, 5.74) is 1.15. The quantitative estimate of drug-likeness (QED) is 0.204. The fraction of sp³-hybridized carbons (Fsp3) is 0.130. The Morgan fingerprint density at radius 3 is 1.89 bits per heavy atom. The molecule has 1 N–H and O–H groups in total. The number of rotatable bonds is 0. The van der Waals surface area contributed by atoms with Crippen LogP contribution in [-0.4, -0.2) is 12.6 Å². The van der Waals surface area contributed by atoms with Crippen LogP contribution in [0.3, 0.4) is 0 Å². The van der Waals surface area contributed by atoms with Gasteiger partial charge in [-0.15, -0.1) is 78.3 Å². The van der Waals surface area contributed by atoms with E-state index in [1.54, 1.807) is 19.2 Å². The van der Waals surface area contributed by atoms with Crippen LogP contribution in [0.4, 0.5) is 0 Å². The Morgan fingerprint density at radius 2 is 1.36 bits per heavy atom. The van der Waals surface area contributed by atoms with E-state index in [1.165, 1.54) is 22.1 Å². The van der Waals surface area contributed by atoms with Gasteiger partial charge in [0, 0.05) is 0 Å². The number of fused-ring (bicyclic) bond motifs is 2. The summed E-state index contributed by atoms with van der Waals surface area (Å²) in [6, 6.07) is 24.7. The zero-order chi connectivity index (χ0) is 17.8. The van der Waals surface area contributed by atoms with Crippen molar-refractivity contribution in [1.29, 1.82) is 0 Å². The summed E-state index contributed by atoms with van der Waals surface area (Å²) in [5.74, 6) is 1.42. The van der Waals surface area contributed by atoms with Gasteiger partial charge in [0.1, 0.15) is 0 Å². The van der Waals surface area contributed by atoms with Crippen molar-refractivity contribution in [3.05, 3.63) is 99.8 Å². The summed E-state index contributed by atoms with van der Waals surface area (Å²) in [6.45, 7) is 6.25. The van der Waals surface area contributed by atoms with Crippen LogP contribution in [0.15, 0.2) is 72.8 Å². The predicted octanol–water partition coefficient (Wildman–Crippen LogP) is 7.51. The van der Waals surface area contributed by atoms with E-state index in [-0.39, 0.29) is 39.7 Å². The third-order valence-corrected chi connectivity index (χ3v) is 2.94. The molecule has 0 aliphatic heterocycles. The molecule has 1 heterocycles. The molecule has 154 valence electrons. The maximum atomic E-state index is 2.99. The SMILES string of the molecule is C[C-](C)C.Cl.Cl.[CH3-].[CH3-].[Si]=[Ti].[c-]1cc2ccccc2[nH]1.c1ccc2[cH-]ccc2c1. The molecule has 0 atom stereocenters. The van der Waals surface area contributed by atoms with E-state index in [1.807, 2.05) is 24.3 Å². The van der Waals surface area contributed by atoms with Crippen molar-refractivity contribution < 1.29 is 19.2 Å². The molecule has 0 amide bonds. The van der Waals surface area contributed by atoms with Crippen molar-refractivity contribution in [2.45, 2.75) is 20.8 Å². The first kappa shape index (κ1) is 34.6. The van der Waals surface area contributed by atoms with E-state index < -0.39 is 0 Å². The van der Waals surface area contributed by atoms with Gasteiger partial charge in [-0.2, -0.15) is 49.7 Å². The molecule has 0 bridgehead atoms. The smallest absolute Gasteiger partial charge is 0.0745 e. The van der Waals surface area contributed by atoms with Crippen LogP contribution in [0.5, 0.6) is 0 Å². The molecule has 0 aliphatic carbocycles. The van der Waals surface area contributed by atoms with Crippen LogP contribution >= 0.6 is 24.8 Å². The Balaban J connectivity index is -0.000000146. The fourth-order valence-corrected chi connectivity index (χ4v) is 2.00. The summed E-state index contributed by atoms with van der Waals surface area (Å²) in [4.78, 5) is 2.99. The number of halogens is 2. The Hall–Kier alpha value is -0.899. The van der Waals surface area contributed by atoms with E-state index in [4.69, 9.17) is 0 Å². The summed E-state index contributed by atoms with van der Waals surface area (Å²) >= 11 is 1.81. The third kappa shape index (κ3) is 13.3. The van der Waals surface area contributed by atoms with Crippen LogP contribution in [-0.2, 0) is 19.2 Å². The predicted molar refractivity (Wildman–Crippen MR) is 130 cm³/mol. The minimum atomic E-state index is 0. The second kappa shape index (κ2) is 20.8. The van der Waals surface area contributed by atoms with Crippen molar-refractivity contribution in [3.63, 3.8) is 0 Å². The van der Waals surface area contributed by atoms with Gasteiger partial charge in [-0.25, -0.2) is 0 Å². The largest absolute Gasteiger partial charge is 0.477 e. The second-order valence-corrected chi connectivity index (χ2v) is 5.66. The molecule has 0 aliphatic rings. The van der Waals surface area contributed by atoms with Crippen molar-refractivity contribution in [2.24, 2.45) is 0 Å². The van der Waals surface area contributed by atoms with Crippen LogP contribution < -0.4 is 0 Å². The van der Waals surface area contributed by atoms with Crippen LogP contribution in [0.25, 0.3) is 21.7 Å². The normalized spacial score (nSPS) is 7.96. The number of benzene rings is 2. The summed E-state index contributed by atoms with van der Waals surface area (Å²) < 4.78 is 0. The molecule has 5 heteroatoms. The molecule has 0 spiro atoms. The molecule has 3 aromatic carbocycles. The van der Waals surface area contributed by atoms with Gasteiger partial charge < -0.3 is 25.8 Å². The zero-order valence-corrected chi connectivity index (χ0v) is 21.4. The molecule has 4 aromatic rings. The summed E-state index contributed by atoms with van der Waals surface area (Å²) in [6.07, 6.45) is 2.91. The fourth-order valence-electron chi connectivity index (χ4n) is 2.00. The van der Waals surface area contributed by atoms with E-state index in [0.717, 1.165) is 5.52 Å². The van der Waals surface area contributed by atoms with Crippen molar-refractivity contribution in [1.82, 2.24) is 4.98 Å². The second-order valence-electron chi connectivity index (χ2n) is 5.66. The van der Waals surface area contributed by atoms with Gasteiger partial charge in [-0.05, 0) is 0 Å². The first-order chi connectivity index (χ1) is 11.7. The third-order valence-electron chi connectivity index (χ3n) is 2.94. The van der Waals surface area contributed by atoms with E-state index >= 15 is 0 Å². The van der Waals surface area contributed by atoms with Gasteiger partial charge in [-0.3, -0.25) is 0 Å². The van der Waals surface area contributed by atoms with Gasteiger partial charge in [0.25, 0.3) is 0 Å². The van der Waals surface area contributed by atoms with Crippen molar-refractivity contribution in [3.8, 4) is 0 Å². The average Bonchev–Trinajstić information content (AvgIpc) is 3.26.